The van der Waals surface area contributed by atoms with E-state index in [1.807, 2.05) is 34.6 Å². The predicted octanol–water partition coefficient (Wildman–Crippen LogP) is 3.57. The van der Waals surface area contributed by atoms with Crippen molar-refractivity contribution in [3.63, 3.8) is 0 Å². The van der Waals surface area contributed by atoms with Crippen molar-refractivity contribution in [3.05, 3.63) is 0 Å². The molecule has 0 spiro atoms. The first-order valence-corrected chi connectivity index (χ1v) is 11.4. The van der Waals surface area contributed by atoms with Gasteiger partial charge in [0, 0.05) is 57.0 Å². The van der Waals surface area contributed by atoms with Crippen molar-refractivity contribution in [2.24, 2.45) is 17.8 Å². The Morgan fingerprint density at radius 2 is 1.68 bits per heavy atom. The number of hydrogen-bond donors (Lipinski definition) is 0. The second-order valence-electron chi connectivity index (χ2n) is 8.53. The van der Waals surface area contributed by atoms with Crippen LogP contribution in [0.5, 0.6) is 0 Å². The van der Waals surface area contributed by atoms with Gasteiger partial charge in [-0.2, -0.15) is 0 Å². The number of ether oxygens (including phenoxy) is 3. The molecule has 9 atom stereocenters. The fourth-order valence-corrected chi connectivity index (χ4v) is 4.75. The molecule has 2 rings (SSSR count). The van der Waals surface area contributed by atoms with Crippen molar-refractivity contribution in [3.8, 4) is 0 Å². The zero-order valence-electron chi connectivity index (χ0n) is 18.3. The van der Waals surface area contributed by atoms with E-state index in [4.69, 9.17) is 31.1 Å². The van der Waals surface area contributed by atoms with Gasteiger partial charge in [-0.3, -0.25) is 4.57 Å². The van der Waals surface area contributed by atoms with E-state index in [0.29, 0.717) is 18.9 Å². The van der Waals surface area contributed by atoms with Crippen LogP contribution >= 0.6 is 8.25 Å². The Balaban J connectivity index is 0.00000392. The molecule has 2 fully saturated rings. The van der Waals surface area contributed by atoms with E-state index in [1.165, 1.54) is 0 Å². The van der Waals surface area contributed by atoms with Crippen molar-refractivity contribution in [1.82, 2.24) is 0 Å². The minimum Gasteiger partial charge on any atom is -0.381 e. The molecule has 0 saturated carbocycles. The van der Waals surface area contributed by atoms with Gasteiger partial charge in [-0.25, -0.2) is 0 Å². The smallest absolute Gasteiger partial charge is 0.319 e. The topological polar surface area (TPSA) is 63.2 Å². The van der Waals surface area contributed by atoms with Gasteiger partial charge in [0.15, 0.2) is 0 Å². The van der Waals surface area contributed by atoms with Crippen LogP contribution in [0.2, 0.25) is 0 Å². The van der Waals surface area contributed by atoms with Crippen molar-refractivity contribution in [2.45, 2.75) is 97.5 Å². The molecule has 9 heteroatoms. The SMILES string of the molecule is [B][C@@H]1O[C@H](C(C)C)C(O[PH](=O)OCC[C@H]2O[C@@H](C)[C@@H](C)C2OC(C)C)[C@@H]1C.[Y]. The Morgan fingerprint density at radius 3 is 2.25 bits per heavy atom. The van der Waals surface area contributed by atoms with Crippen LogP contribution in [0.25, 0.3) is 0 Å². The van der Waals surface area contributed by atoms with Gasteiger partial charge >= 0.3 is 8.25 Å². The van der Waals surface area contributed by atoms with Crippen LogP contribution in [0.1, 0.15) is 54.9 Å². The summed E-state index contributed by atoms with van der Waals surface area (Å²) in [5, 5.41) is 0. The molecule has 0 bridgehead atoms. The predicted molar refractivity (Wildman–Crippen MR) is 106 cm³/mol. The van der Waals surface area contributed by atoms with Crippen LogP contribution in [0.15, 0.2) is 0 Å². The van der Waals surface area contributed by atoms with E-state index in [-0.39, 0.29) is 81.2 Å². The van der Waals surface area contributed by atoms with Gasteiger partial charge in [0.1, 0.15) is 7.85 Å². The van der Waals surface area contributed by atoms with E-state index >= 15 is 0 Å². The molecular weight excluding hydrogens is 455 g/mol. The van der Waals surface area contributed by atoms with Crippen LogP contribution in [0.3, 0.4) is 0 Å². The standard InChI is InChI=1S/C19H36BO6P.Y/c1-10(2)16-18(13(6)19(20)25-16)26-27(21)22-9-8-15-17(23-11(3)4)12(5)14(7)24-15;/h10-19,27H,8-9H2,1-7H3;/t12-,13+,14+,15-,16-,17?,18?,19-;/m1./s1. The van der Waals surface area contributed by atoms with Gasteiger partial charge < -0.3 is 23.3 Å². The maximum Gasteiger partial charge on any atom is 0.319 e. The molecule has 3 unspecified atom stereocenters. The molecule has 0 N–H and O–H groups in total. The zero-order chi connectivity index (χ0) is 20.3. The molecular formula is C19H36BO6PY. The second kappa shape index (κ2) is 12.3. The zero-order valence-corrected chi connectivity index (χ0v) is 22.1. The average molecular weight is 491 g/mol. The first kappa shape index (κ1) is 27.2. The summed E-state index contributed by atoms with van der Waals surface area (Å²) in [7, 11) is 3.34. The molecule has 0 aliphatic carbocycles. The van der Waals surface area contributed by atoms with E-state index < -0.39 is 14.3 Å². The van der Waals surface area contributed by atoms with Gasteiger partial charge in [-0.05, 0) is 26.7 Å². The fourth-order valence-electron chi connectivity index (χ4n) is 3.82. The Labute approximate surface area is 197 Å². The Morgan fingerprint density at radius 1 is 1.04 bits per heavy atom. The summed E-state index contributed by atoms with van der Waals surface area (Å²) in [5.41, 5.74) is 0. The first-order valence-electron chi connectivity index (χ1n) is 10.2. The quantitative estimate of drug-likeness (QED) is 0.363. The minimum absolute atomic E-state index is 0. The Bertz CT molecular complexity index is 497. The summed E-state index contributed by atoms with van der Waals surface area (Å²) in [4.78, 5) is 0. The Kier molecular flexibility index (Phi) is 12.0. The van der Waals surface area contributed by atoms with E-state index in [1.54, 1.807) is 0 Å². The number of rotatable bonds is 9. The van der Waals surface area contributed by atoms with Gasteiger partial charge in [0.25, 0.3) is 0 Å². The van der Waals surface area contributed by atoms with Crippen molar-refractivity contribution in [1.29, 1.82) is 0 Å². The summed E-state index contributed by atoms with van der Waals surface area (Å²) in [6.45, 7) is 14.6. The minimum atomic E-state index is -2.63. The third kappa shape index (κ3) is 7.12. The molecule has 2 aliphatic rings. The van der Waals surface area contributed by atoms with Gasteiger partial charge in [0.05, 0.1) is 43.2 Å². The first-order chi connectivity index (χ1) is 12.6. The van der Waals surface area contributed by atoms with Crippen LogP contribution in [0, 0.1) is 17.8 Å². The molecule has 0 aromatic carbocycles. The Hall–Kier alpha value is 1.20. The normalized spacial score (nSPS) is 39.5. The third-order valence-electron chi connectivity index (χ3n) is 5.63. The molecule has 2 saturated heterocycles. The molecule has 0 amide bonds. The van der Waals surface area contributed by atoms with E-state index in [2.05, 4.69) is 13.8 Å². The van der Waals surface area contributed by atoms with Crippen molar-refractivity contribution >= 4 is 16.1 Å². The molecule has 2 heterocycles. The summed E-state index contributed by atoms with van der Waals surface area (Å²) in [6.07, 6.45) is 0.379. The van der Waals surface area contributed by atoms with Gasteiger partial charge in [-0.15, -0.1) is 0 Å². The second-order valence-corrected chi connectivity index (χ2v) is 9.55. The van der Waals surface area contributed by atoms with Crippen LogP contribution in [-0.2, 0) is 60.5 Å². The summed E-state index contributed by atoms with van der Waals surface area (Å²) < 4.78 is 41.3. The molecule has 2 aliphatic heterocycles. The largest absolute Gasteiger partial charge is 0.381 e. The number of hydrogen-bond acceptors (Lipinski definition) is 6. The maximum absolute atomic E-state index is 12.4. The fraction of sp³-hybridized carbons (Fsp3) is 1.00. The van der Waals surface area contributed by atoms with E-state index in [9.17, 15) is 4.57 Å². The van der Waals surface area contributed by atoms with Gasteiger partial charge in [-0.1, -0.05) is 27.7 Å². The van der Waals surface area contributed by atoms with Crippen LogP contribution < -0.4 is 0 Å². The molecule has 0 aromatic heterocycles. The molecule has 0 aromatic rings. The van der Waals surface area contributed by atoms with Gasteiger partial charge in [0.2, 0.25) is 0 Å². The summed E-state index contributed by atoms with van der Waals surface area (Å²) in [6, 6.07) is -0.402. The van der Waals surface area contributed by atoms with E-state index in [0.717, 1.165) is 0 Å². The summed E-state index contributed by atoms with van der Waals surface area (Å²) in [5.74, 6) is 0.513. The molecule has 6 nitrogen and oxygen atoms in total. The third-order valence-corrected chi connectivity index (χ3v) is 6.53. The van der Waals surface area contributed by atoms with Crippen molar-refractivity contribution in [2.75, 3.05) is 6.61 Å². The molecule has 3 radical (unpaired) electrons. The van der Waals surface area contributed by atoms with Crippen molar-refractivity contribution < 1.29 is 60.5 Å². The van der Waals surface area contributed by atoms with Crippen LogP contribution in [0.4, 0.5) is 0 Å². The monoisotopic (exact) mass is 491 g/mol. The average Bonchev–Trinajstić information content (AvgIpc) is 3.00. The molecule has 159 valence electrons. The maximum atomic E-state index is 12.4. The van der Waals surface area contributed by atoms with Crippen LogP contribution in [-0.4, -0.2) is 57.1 Å². The molecule has 28 heavy (non-hydrogen) atoms. The summed E-state index contributed by atoms with van der Waals surface area (Å²) >= 11 is 0.